The first kappa shape index (κ1) is 29.2. The molecule has 38 heavy (non-hydrogen) atoms. The number of carbonyl (C=O) groups is 2. The van der Waals surface area contributed by atoms with Gasteiger partial charge in [0.2, 0.25) is 21.8 Å². The largest absolute Gasteiger partial charge is 0.355 e. The maximum Gasteiger partial charge on any atom is 0.244 e. The average molecular weight is 556 g/mol. The predicted octanol–water partition coefficient (Wildman–Crippen LogP) is 4.50. The summed E-state index contributed by atoms with van der Waals surface area (Å²) in [6.07, 6.45) is 1.35. The van der Waals surface area contributed by atoms with Crippen LogP contribution in [0, 0.1) is 13.8 Å². The number of nitrogens with zero attached hydrogens (tertiary/aromatic N) is 2. The minimum Gasteiger partial charge on any atom is -0.355 e. The maximum absolute atomic E-state index is 14.0. The summed E-state index contributed by atoms with van der Waals surface area (Å²) in [5, 5.41) is 3.39. The molecule has 0 aromatic heterocycles. The molecule has 0 saturated carbocycles. The lowest BCUT2D eigenvalue weighted by atomic mass is 10.0. The van der Waals surface area contributed by atoms with Crippen LogP contribution in [0.4, 0.5) is 5.69 Å². The minimum atomic E-state index is -3.81. The molecule has 3 aromatic rings. The second-order valence-electron chi connectivity index (χ2n) is 9.31. The number of anilines is 1. The van der Waals surface area contributed by atoms with Gasteiger partial charge >= 0.3 is 0 Å². The highest BCUT2D eigenvalue weighted by atomic mass is 35.5. The van der Waals surface area contributed by atoms with E-state index in [1.807, 2.05) is 63.2 Å². The monoisotopic (exact) mass is 555 g/mol. The zero-order chi connectivity index (χ0) is 27.9. The number of halogens is 1. The van der Waals surface area contributed by atoms with Gasteiger partial charge in [-0.3, -0.25) is 13.9 Å². The van der Waals surface area contributed by atoms with Gasteiger partial charge < -0.3 is 10.2 Å². The number of hydrogen-bond acceptors (Lipinski definition) is 4. The molecule has 0 saturated heterocycles. The van der Waals surface area contributed by atoms with E-state index < -0.39 is 28.5 Å². The molecule has 202 valence electrons. The Morgan fingerprint density at radius 1 is 0.947 bits per heavy atom. The highest BCUT2D eigenvalue weighted by Crippen LogP contribution is 2.25. The van der Waals surface area contributed by atoms with E-state index in [1.54, 1.807) is 30.3 Å². The topological polar surface area (TPSA) is 86.8 Å². The van der Waals surface area contributed by atoms with Crippen molar-refractivity contribution in [3.8, 4) is 0 Å². The molecule has 0 spiro atoms. The van der Waals surface area contributed by atoms with Crippen molar-refractivity contribution in [2.24, 2.45) is 0 Å². The van der Waals surface area contributed by atoms with Crippen molar-refractivity contribution >= 4 is 39.1 Å². The Bertz CT molecular complexity index is 1360. The van der Waals surface area contributed by atoms with Crippen molar-refractivity contribution in [3.05, 3.63) is 100 Å². The van der Waals surface area contributed by atoms with Gasteiger partial charge in [0, 0.05) is 24.5 Å². The SMILES string of the molecule is CCNC(=O)[C@H](Cc1ccccc1)N(Cc1ccc(Cl)cc1)C(=O)CN(c1ccc(C)cc1C)S(C)(=O)=O. The van der Waals surface area contributed by atoms with Crippen LogP contribution in [0.5, 0.6) is 0 Å². The van der Waals surface area contributed by atoms with Gasteiger partial charge in [0.15, 0.2) is 0 Å². The lowest BCUT2D eigenvalue weighted by molar-refractivity contribution is -0.140. The molecule has 7 nitrogen and oxygen atoms in total. The highest BCUT2D eigenvalue weighted by Gasteiger charge is 2.33. The van der Waals surface area contributed by atoms with Gasteiger partial charge in [-0.2, -0.15) is 0 Å². The van der Waals surface area contributed by atoms with Crippen LogP contribution in [0.1, 0.15) is 29.2 Å². The fourth-order valence-electron chi connectivity index (χ4n) is 4.31. The zero-order valence-electron chi connectivity index (χ0n) is 22.1. The van der Waals surface area contributed by atoms with Crippen molar-refractivity contribution < 1.29 is 18.0 Å². The van der Waals surface area contributed by atoms with E-state index in [9.17, 15) is 18.0 Å². The maximum atomic E-state index is 14.0. The molecule has 9 heteroatoms. The summed E-state index contributed by atoms with van der Waals surface area (Å²) in [6.45, 7) is 5.60. The van der Waals surface area contributed by atoms with Crippen LogP contribution >= 0.6 is 11.6 Å². The number of sulfonamides is 1. The molecule has 3 aromatic carbocycles. The standard InChI is InChI=1S/C29H34ClN3O4S/c1-5-31-29(35)27(18-23-9-7-6-8-10-23)32(19-24-12-14-25(30)15-13-24)28(34)20-33(38(4,36)37)26-16-11-21(2)17-22(26)3/h6-17,27H,5,18-20H2,1-4H3,(H,31,35)/t27-/m0/s1. The van der Waals surface area contributed by atoms with Crippen LogP contribution in [0.3, 0.4) is 0 Å². The van der Waals surface area contributed by atoms with E-state index >= 15 is 0 Å². The molecule has 0 heterocycles. The first-order valence-electron chi connectivity index (χ1n) is 12.4. The van der Waals surface area contributed by atoms with Gasteiger partial charge in [0.25, 0.3) is 0 Å². The first-order valence-corrected chi connectivity index (χ1v) is 14.6. The van der Waals surface area contributed by atoms with E-state index in [4.69, 9.17) is 11.6 Å². The molecule has 0 aliphatic heterocycles. The number of amides is 2. The van der Waals surface area contributed by atoms with Crippen LogP contribution in [0.25, 0.3) is 0 Å². The van der Waals surface area contributed by atoms with E-state index in [0.29, 0.717) is 17.3 Å². The molecule has 0 radical (unpaired) electrons. The Morgan fingerprint density at radius 3 is 2.18 bits per heavy atom. The van der Waals surface area contributed by atoms with Gasteiger partial charge in [-0.05, 0) is 55.7 Å². The Labute approximate surface area is 230 Å². The lowest BCUT2D eigenvalue weighted by Gasteiger charge is -2.33. The van der Waals surface area contributed by atoms with E-state index in [-0.39, 0.29) is 18.9 Å². The van der Waals surface area contributed by atoms with Crippen LogP contribution < -0.4 is 9.62 Å². The number of carbonyl (C=O) groups excluding carboxylic acids is 2. The number of rotatable bonds is 11. The average Bonchev–Trinajstić information content (AvgIpc) is 2.86. The Kier molecular flexibility index (Phi) is 9.94. The number of nitrogens with one attached hydrogen (secondary N) is 1. The third kappa shape index (κ3) is 7.82. The van der Waals surface area contributed by atoms with Crippen molar-refractivity contribution in [2.75, 3.05) is 23.7 Å². The summed E-state index contributed by atoms with van der Waals surface area (Å²) in [5.74, 6) is -0.798. The molecule has 0 aliphatic carbocycles. The predicted molar refractivity (Wildman–Crippen MR) is 153 cm³/mol. The highest BCUT2D eigenvalue weighted by molar-refractivity contribution is 7.92. The first-order chi connectivity index (χ1) is 18.0. The van der Waals surface area contributed by atoms with Crippen LogP contribution in [-0.4, -0.2) is 50.5 Å². The van der Waals surface area contributed by atoms with Gasteiger partial charge in [0.05, 0.1) is 11.9 Å². The molecular formula is C29H34ClN3O4S. The van der Waals surface area contributed by atoms with Crippen molar-refractivity contribution in [2.45, 2.75) is 39.8 Å². The third-order valence-corrected chi connectivity index (χ3v) is 7.57. The number of hydrogen-bond donors (Lipinski definition) is 1. The third-order valence-electron chi connectivity index (χ3n) is 6.19. The Morgan fingerprint density at radius 2 is 1.61 bits per heavy atom. The van der Waals surface area contributed by atoms with Gasteiger partial charge in [-0.1, -0.05) is 71.8 Å². The van der Waals surface area contributed by atoms with Crippen molar-refractivity contribution in [3.63, 3.8) is 0 Å². The zero-order valence-corrected chi connectivity index (χ0v) is 23.7. The second-order valence-corrected chi connectivity index (χ2v) is 11.7. The Balaban J connectivity index is 2.05. The molecule has 0 bridgehead atoms. The fourth-order valence-corrected chi connectivity index (χ4v) is 5.35. The molecule has 0 fully saturated rings. The quantitative estimate of drug-likeness (QED) is 0.377. The smallest absolute Gasteiger partial charge is 0.244 e. The molecule has 0 aliphatic rings. The lowest BCUT2D eigenvalue weighted by Crippen LogP contribution is -2.53. The fraction of sp³-hybridized carbons (Fsp3) is 0.310. The number of likely N-dealkylation sites (N-methyl/N-ethyl adjacent to an activating group) is 1. The van der Waals surface area contributed by atoms with Crippen LogP contribution in [-0.2, 0) is 32.6 Å². The van der Waals surface area contributed by atoms with Gasteiger partial charge in [-0.25, -0.2) is 8.42 Å². The van der Waals surface area contributed by atoms with Crippen LogP contribution in [0.2, 0.25) is 5.02 Å². The van der Waals surface area contributed by atoms with Gasteiger partial charge in [0.1, 0.15) is 12.6 Å². The summed E-state index contributed by atoms with van der Waals surface area (Å²) < 4.78 is 26.9. The van der Waals surface area contributed by atoms with Crippen LogP contribution in [0.15, 0.2) is 72.8 Å². The van der Waals surface area contributed by atoms with E-state index in [2.05, 4.69) is 5.32 Å². The molecule has 1 atom stereocenters. The molecule has 1 N–H and O–H groups in total. The summed E-state index contributed by atoms with van der Waals surface area (Å²) in [6, 6.07) is 21.0. The van der Waals surface area contributed by atoms with Crippen molar-refractivity contribution in [1.82, 2.24) is 10.2 Å². The molecule has 3 rings (SSSR count). The summed E-state index contributed by atoms with van der Waals surface area (Å²) in [7, 11) is -3.81. The normalized spacial score (nSPS) is 12.0. The van der Waals surface area contributed by atoms with E-state index in [1.165, 1.54) is 4.90 Å². The minimum absolute atomic E-state index is 0.106. The summed E-state index contributed by atoms with van der Waals surface area (Å²) >= 11 is 6.07. The Hall–Kier alpha value is -3.36. The van der Waals surface area contributed by atoms with Crippen molar-refractivity contribution in [1.29, 1.82) is 0 Å². The summed E-state index contributed by atoms with van der Waals surface area (Å²) in [4.78, 5) is 28.8. The van der Waals surface area contributed by atoms with Gasteiger partial charge in [-0.15, -0.1) is 0 Å². The molecule has 0 unspecified atom stereocenters. The van der Waals surface area contributed by atoms with E-state index in [0.717, 1.165) is 32.8 Å². The summed E-state index contributed by atoms with van der Waals surface area (Å²) in [5.41, 5.74) is 3.79. The number of aryl methyl sites for hydroxylation is 2. The molecular weight excluding hydrogens is 522 g/mol. The number of benzene rings is 3. The molecule has 2 amide bonds. The second kappa shape index (κ2) is 12.9.